The van der Waals surface area contributed by atoms with E-state index >= 15 is 0 Å². The van der Waals surface area contributed by atoms with Crippen molar-refractivity contribution in [2.45, 2.75) is 45.9 Å². The predicted octanol–water partition coefficient (Wildman–Crippen LogP) is 4.78. The van der Waals surface area contributed by atoms with Crippen molar-refractivity contribution in [1.29, 1.82) is 0 Å². The van der Waals surface area contributed by atoms with Gasteiger partial charge in [-0.3, -0.25) is 4.79 Å². The van der Waals surface area contributed by atoms with E-state index < -0.39 is 0 Å². The smallest absolute Gasteiger partial charge is 0.277 e. The fourth-order valence-electron chi connectivity index (χ4n) is 3.00. The van der Waals surface area contributed by atoms with E-state index in [1.165, 1.54) is 23.1 Å². The molecule has 1 aromatic carbocycles. The molecule has 0 atom stereocenters. The second-order valence-electron chi connectivity index (χ2n) is 6.78. The Morgan fingerprint density at radius 1 is 1.24 bits per heavy atom. The van der Waals surface area contributed by atoms with Crippen LogP contribution in [0.3, 0.4) is 0 Å². The Balaban J connectivity index is 1.54. The molecule has 0 aliphatic carbocycles. The summed E-state index contributed by atoms with van der Waals surface area (Å²) in [4.78, 5) is 19.8. The van der Waals surface area contributed by atoms with Gasteiger partial charge in [0.1, 0.15) is 4.88 Å². The summed E-state index contributed by atoms with van der Waals surface area (Å²) in [6.45, 7) is 11.2. The van der Waals surface area contributed by atoms with E-state index in [9.17, 15) is 4.79 Å². The normalized spacial score (nSPS) is 11.1. The summed E-state index contributed by atoms with van der Waals surface area (Å²) in [5, 5.41) is 12.3. The maximum Gasteiger partial charge on any atom is 0.277 e. The topological polar surface area (TPSA) is 84.2 Å². The van der Waals surface area contributed by atoms with E-state index in [4.69, 9.17) is 4.42 Å². The van der Waals surface area contributed by atoms with E-state index in [0.717, 1.165) is 33.5 Å². The molecular formula is C20H25N5O2S2. The Morgan fingerprint density at radius 2 is 1.97 bits per heavy atom. The number of aromatic nitrogens is 3. The minimum atomic E-state index is -0.122. The van der Waals surface area contributed by atoms with Crippen LogP contribution in [0.15, 0.2) is 33.9 Å². The van der Waals surface area contributed by atoms with E-state index in [0.29, 0.717) is 17.2 Å². The van der Waals surface area contributed by atoms with Crippen LogP contribution in [0, 0.1) is 13.8 Å². The quantitative estimate of drug-likeness (QED) is 0.514. The van der Waals surface area contributed by atoms with Gasteiger partial charge in [-0.15, -0.1) is 21.5 Å². The average Bonchev–Trinajstić information content (AvgIpc) is 3.27. The number of carbonyl (C=O) groups excluding carboxylic acids is 1. The molecule has 7 nitrogen and oxygen atoms in total. The van der Waals surface area contributed by atoms with Crippen molar-refractivity contribution in [1.82, 2.24) is 15.2 Å². The second-order valence-corrected chi connectivity index (χ2v) is 8.91. The zero-order valence-corrected chi connectivity index (χ0v) is 18.9. The number of benzene rings is 1. The lowest BCUT2D eigenvalue weighted by Gasteiger charge is -2.27. The van der Waals surface area contributed by atoms with Gasteiger partial charge < -0.3 is 14.6 Å². The third-order valence-corrected chi connectivity index (χ3v) is 6.16. The highest BCUT2D eigenvalue weighted by atomic mass is 32.2. The molecule has 3 aromatic rings. The number of hydrogen-bond acceptors (Lipinski definition) is 8. The average molecular weight is 432 g/mol. The highest BCUT2D eigenvalue weighted by molar-refractivity contribution is 7.99. The number of thiazole rings is 1. The first-order valence-electron chi connectivity index (χ1n) is 9.44. The number of nitrogens with zero attached hydrogens (tertiary/aromatic N) is 4. The molecule has 1 amide bonds. The fourth-order valence-corrected chi connectivity index (χ4v) is 4.40. The van der Waals surface area contributed by atoms with E-state index in [-0.39, 0.29) is 11.7 Å². The molecule has 154 valence electrons. The maximum atomic E-state index is 12.3. The number of amides is 1. The van der Waals surface area contributed by atoms with Crippen LogP contribution in [0.1, 0.15) is 31.5 Å². The van der Waals surface area contributed by atoms with Crippen LogP contribution in [0.4, 0.5) is 11.4 Å². The molecule has 1 N–H and O–H groups in total. The van der Waals surface area contributed by atoms with Crippen LogP contribution in [0.5, 0.6) is 0 Å². The van der Waals surface area contributed by atoms with Crippen LogP contribution < -0.4 is 10.2 Å². The van der Waals surface area contributed by atoms with Gasteiger partial charge in [0.15, 0.2) is 0 Å². The van der Waals surface area contributed by atoms with Crippen molar-refractivity contribution in [2.24, 2.45) is 0 Å². The van der Waals surface area contributed by atoms with Gasteiger partial charge in [0, 0.05) is 24.0 Å². The van der Waals surface area contributed by atoms with Crippen LogP contribution in [-0.4, -0.2) is 39.4 Å². The van der Waals surface area contributed by atoms with Crippen LogP contribution in [0.2, 0.25) is 0 Å². The zero-order valence-electron chi connectivity index (χ0n) is 17.2. The van der Waals surface area contributed by atoms with E-state index in [1.807, 2.05) is 38.1 Å². The Kier molecular flexibility index (Phi) is 6.92. The van der Waals surface area contributed by atoms with E-state index in [1.54, 1.807) is 0 Å². The highest BCUT2D eigenvalue weighted by Crippen LogP contribution is 2.30. The second kappa shape index (κ2) is 9.41. The minimum absolute atomic E-state index is 0.122. The summed E-state index contributed by atoms with van der Waals surface area (Å²) in [6, 6.07) is 8.31. The number of anilines is 2. The minimum Gasteiger partial charge on any atom is -0.410 e. The van der Waals surface area contributed by atoms with Gasteiger partial charge in [-0.05, 0) is 58.9 Å². The number of hydrogen-bond donors (Lipinski definition) is 1. The third kappa shape index (κ3) is 5.36. The van der Waals surface area contributed by atoms with Gasteiger partial charge in [-0.1, -0.05) is 11.8 Å². The van der Waals surface area contributed by atoms with Crippen LogP contribution in [0.25, 0.3) is 10.8 Å². The Labute approximate surface area is 178 Å². The molecule has 0 radical (unpaired) electrons. The lowest BCUT2D eigenvalue weighted by molar-refractivity contribution is -0.113. The standard InChI is InChI=1S/C20H25N5O2S2/c1-6-25(12(2)3)16-9-7-15(8-10-16)22-17(26)11-28-20-24-23-19(27-20)18-13(4)21-14(5)29-18/h7-10,12H,6,11H2,1-5H3,(H,22,26). The molecule has 0 fully saturated rings. The zero-order chi connectivity index (χ0) is 21.0. The molecule has 3 rings (SSSR count). The largest absolute Gasteiger partial charge is 0.410 e. The maximum absolute atomic E-state index is 12.3. The first-order valence-corrected chi connectivity index (χ1v) is 11.2. The van der Waals surface area contributed by atoms with Crippen molar-refractivity contribution in [2.75, 3.05) is 22.5 Å². The number of carbonyl (C=O) groups is 1. The lowest BCUT2D eigenvalue weighted by Crippen LogP contribution is -2.30. The predicted molar refractivity (Wildman–Crippen MR) is 119 cm³/mol. The van der Waals surface area contributed by atoms with Gasteiger partial charge in [0.25, 0.3) is 11.1 Å². The molecule has 0 spiro atoms. The van der Waals surface area contributed by atoms with Gasteiger partial charge >= 0.3 is 0 Å². The summed E-state index contributed by atoms with van der Waals surface area (Å²) in [6.07, 6.45) is 0. The molecular weight excluding hydrogens is 406 g/mol. The number of thioether (sulfide) groups is 1. The van der Waals surface area contributed by atoms with Crippen molar-refractivity contribution in [3.05, 3.63) is 35.0 Å². The lowest BCUT2D eigenvalue weighted by atomic mass is 10.2. The van der Waals surface area contributed by atoms with Crippen molar-refractivity contribution < 1.29 is 9.21 Å². The first kappa shape index (κ1) is 21.3. The molecule has 0 aliphatic rings. The molecule has 2 aromatic heterocycles. The monoisotopic (exact) mass is 431 g/mol. The fraction of sp³-hybridized carbons (Fsp3) is 0.400. The van der Waals surface area contributed by atoms with Crippen molar-refractivity contribution in [3.8, 4) is 10.8 Å². The summed E-state index contributed by atoms with van der Waals surface area (Å²) in [5.41, 5.74) is 2.77. The van der Waals surface area contributed by atoms with E-state index in [2.05, 4.69) is 46.2 Å². The SMILES string of the molecule is CCN(c1ccc(NC(=O)CSc2nnc(-c3sc(C)nc3C)o2)cc1)C(C)C. The number of nitrogens with one attached hydrogen (secondary N) is 1. The molecule has 0 unspecified atom stereocenters. The van der Waals surface area contributed by atoms with Crippen molar-refractivity contribution >= 4 is 40.4 Å². The van der Waals surface area contributed by atoms with Crippen LogP contribution in [-0.2, 0) is 4.79 Å². The molecule has 2 heterocycles. The molecule has 0 saturated heterocycles. The Morgan fingerprint density at radius 3 is 2.55 bits per heavy atom. The van der Waals surface area contributed by atoms with Gasteiger partial charge in [0.05, 0.1) is 16.5 Å². The third-order valence-electron chi connectivity index (χ3n) is 4.28. The Bertz CT molecular complexity index is 966. The number of rotatable bonds is 8. The molecule has 9 heteroatoms. The van der Waals surface area contributed by atoms with Gasteiger partial charge in [-0.25, -0.2) is 4.98 Å². The summed E-state index contributed by atoms with van der Waals surface area (Å²) >= 11 is 2.73. The molecule has 29 heavy (non-hydrogen) atoms. The molecule has 0 aliphatic heterocycles. The molecule has 0 bridgehead atoms. The van der Waals surface area contributed by atoms with Gasteiger partial charge in [0.2, 0.25) is 5.91 Å². The first-order chi connectivity index (χ1) is 13.9. The summed E-state index contributed by atoms with van der Waals surface area (Å²) in [7, 11) is 0. The summed E-state index contributed by atoms with van der Waals surface area (Å²) in [5.74, 6) is 0.512. The Hall–Kier alpha value is -2.39. The van der Waals surface area contributed by atoms with Crippen LogP contribution >= 0.6 is 23.1 Å². The van der Waals surface area contributed by atoms with Gasteiger partial charge in [-0.2, -0.15) is 0 Å². The molecule has 0 saturated carbocycles. The summed E-state index contributed by atoms with van der Waals surface area (Å²) < 4.78 is 5.67. The number of aryl methyl sites for hydroxylation is 2. The highest BCUT2D eigenvalue weighted by Gasteiger charge is 2.16. The van der Waals surface area contributed by atoms with Crippen molar-refractivity contribution in [3.63, 3.8) is 0 Å².